The molecular weight excluding hydrogens is 416 g/mol. The number of benzene rings is 4. The highest BCUT2D eigenvalue weighted by molar-refractivity contribution is 6.17. The van der Waals surface area contributed by atoms with Crippen LogP contribution in [0, 0.1) is 5.92 Å². The lowest BCUT2D eigenvalue weighted by Gasteiger charge is -2.47. The Balaban J connectivity index is 1.60. The van der Waals surface area contributed by atoms with Gasteiger partial charge in [-0.3, -0.25) is 9.80 Å². The molecule has 34 heavy (non-hydrogen) atoms. The molecule has 1 unspecified atom stereocenters. The van der Waals surface area contributed by atoms with Crippen molar-refractivity contribution in [3.05, 3.63) is 138 Å². The molecule has 166 valence electrons. The smallest absolute Gasteiger partial charge is 0.145 e. The third-order valence-electron chi connectivity index (χ3n) is 7.28. The Morgan fingerprint density at radius 2 is 1.26 bits per heavy atom. The third kappa shape index (κ3) is 3.28. The molecule has 1 aliphatic carbocycles. The molecule has 1 heterocycles. The van der Waals surface area contributed by atoms with Crippen LogP contribution in [0.15, 0.2) is 126 Å². The number of para-hydroxylation sites is 1. The summed E-state index contributed by atoms with van der Waals surface area (Å²) in [6.45, 7) is 0. The van der Waals surface area contributed by atoms with Gasteiger partial charge in [0, 0.05) is 6.42 Å². The molecular formula is C31H26N2O. The fourth-order valence-corrected chi connectivity index (χ4v) is 5.82. The Bertz CT molecular complexity index is 1320. The maximum Gasteiger partial charge on any atom is 0.145 e. The van der Waals surface area contributed by atoms with Gasteiger partial charge in [0.15, 0.2) is 0 Å². The van der Waals surface area contributed by atoms with Crippen LogP contribution in [0.2, 0.25) is 0 Å². The largest absolute Gasteiger partial charge is 0.299 e. The lowest BCUT2D eigenvalue weighted by molar-refractivity contribution is -0.125. The zero-order chi connectivity index (χ0) is 23.0. The Labute approximate surface area is 200 Å². The fraction of sp³-hybridized carbons (Fsp3) is 0.161. The second-order valence-corrected chi connectivity index (χ2v) is 9.20. The van der Waals surface area contributed by atoms with E-state index in [0.29, 0.717) is 6.42 Å². The SMILES string of the molecule is O=C1CC(c2ccccc2)C[C@]2(c3ccccc3)[C@@H]1C(c1ccccc1)=NN2c1ccccc1. The Hall–Kier alpha value is -3.98. The maximum atomic E-state index is 14.1. The van der Waals surface area contributed by atoms with E-state index in [9.17, 15) is 4.79 Å². The van der Waals surface area contributed by atoms with Crippen LogP contribution in [0.3, 0.4) is 0 Å². The second-order valence-electron chi connectivity index (χ2n) is 9.20. The summed E-state index contributed by atoms with van der Waals surface area (Å²) in [6, 6.07) is 41.4. The summed E-state index contributed by atoms with van der Waals surface area (Å²) >= 11 is 0. The van der Waals surface area contributed by atoms with Crippen molar-refractivity contribution in [2.24, 2.45) is 11.0 Å². The van der Waals surface area contributed by atoms with E-state index in [1.165, 1.54) is 5.56 Å². The van der Waals surface area contributed by atoms with Gasteiger partial charge in [0.1, 0.15) is 11.3 Å². The number of rotatable bonds is 4. The highest BCUT2D eigenvalue weighted by atomic mass is 16.1. The fourth-order valence-electron chi connectivity index (χ4n) is 5.82. The molecule has 3 atom stereocenters. The molecule has 0 saturated heterocycles. The van der Waals surface area contributed by atoms with Crippen molar-refractivity contribution < 1.29 is 4.79 Å². The Morgan fingerprint density at radius 1 is 0.706 bits per heavy atom. The summed E-state index contributed by atoms with van der Waals surface area (Å²) in [5.41, 5.74) is 4.63. The van der Waals surface area contributed by atoms with E-state index in [4.69, 9.17) is 5.10 Å². The minimum absolute atomic E-state index is 0.127. The first-order valence-corrected chi connectivity index (χ1v) is 11.9. The lowest BCUT2D eigenvalue weighted by Crippen LogP contribution is -2.53. The first-order chi connectivity index (χ1) is 16.8. The van der Waals surface area contributed by atoms with Gasteiger partial charge in [0.2, 0.25) is 0 Å². The van der Waals surface area contributed by atoms with Crippen molar-refractivity contribution in [2.75, 3.05) is 5.01 Å². The van der Waals surface area contributed by atoms with E-state index in [2.05, 4.69) is 77.8 Å². The van der Waals surface area contributed by atoms with Crippen LogP contribution in [0.5, 0.6) is 0 Å². The van der Waals surface area contributed by atoms with Crippen LogP contribution in [0.25, 0.3) is 0 Å². The van der Waals surface area contributed by atoms with Crippen molar-refractivity contribution >= 4 is 17.2 Å². The maximum absolute atomic E-state index is 14.1. The molecule has 1 saturated carbocycles. The Morgan fingerprint density at radius 3 is 1.91 bits per heavy atom. The topological polar surface area (TPSA) is 32.7 Å². The quantitative estimate of drug-likeness (QED) is 0.358. The van der Waals surface area contributed by atoms with E-state index in [-0.39, 0.29) is 17.6 Å². The number of anilines is 1. The minimum Gasteiger partial charge on any atom is -0.299 e. The molecule has 1 fully saturated rings. The molecule has 6 rings (SSSR count). The van der Waals surface area contributed by atoms with Crippen molar-refractivity contribution in [2.45, 2.75) is 24.3 Å². The second kappa shape index (κ2) is 8.42. The molecule has 3 heteroatoms. The molecule has 4 aromatic carbocycles. The molecule has 0 amide bonds. The van der Waals surface area contributed by atoms with Crippen LogP contribution in [-0.2, 0) is 10.3 Å². The molecule has 4 aromatic rings. The average Bonchev–Trinajstić information content (AvgIpc) is 3.28. The first-order valence-electron chi connectivity index (χ1n) is 11.9. The van der Waals surface area contributed by atoms with Crippen molar-refractivity contribution in [3.8, 4) is 0 Å². The summed E-state index contributed by atoms with van der Waals surface area (Å²) in [6.07, 6.45) is 1.34. The number of carbonyl (C=O) groups excluding carboxylic acids is 1. The van der Waals surface area contributed by atoms with Crippen molar-refractivity contribution in [3.63, 3.8) is 0 Å². The molecule has 3 nitrogen and oxygen atoms in total. The normalized spacial score (nSPS) is 23.9. The summed E-state index contributed by atoms with van der Waals surface area (Å²) in [7, 11) is 0. The van der Waals surface area contributed by atoms with Gasteiger partial charge in [-0.05, 0) is 41.2 Å². The van der Waals surface area contributed by atoms with E-state index in [1.54, 1.807) is 0 Å². The van der Waals surface area contributed by atoms with Crippen LogP contribution >= 0.6 is 0 Å². The monoisotopic (exact) mass is 442 g/mol. The van der Waals surface area contributed by atoms with Gasteiger partial charge >= 0.3 is 0 Å². The zero-order valence-corrected chi connectivity index (χ0v) is 18.9. The first kappa shape index (κ1) is 20.6. The van der Waals surface area contributed by atoms with Crippen molar-refractivity contribution in [1.82, 2.24) is 0 Å². The molecule has 2 aliphatic rings. The van der Waals surface area contributed by atoms with Gasteiger partial charge in [-0.15, -0.1) is 0 Å². The van der Waals surface area contributed by atoms with Crippen LogP contribution < -0.4 is 5.01 Å². The van der Waals surface area contributed by atoms with E-state index in [1.807, 2.05) is 48.5 Å². The van der Waals surface area contributed by atoms with Gasteiger partial charge in [0.25, 0.3) is 0 Å². The minimum atomic E-state index is -0.594. The summed E-state index contributed by atoms with van der Waals surface area (Å²) in [5, 5.41) is 7.37. The molecule has 0 radical (unpaired) electrons. The number of carbonyl (C=O) groups is 1. The number of Topliss-reactive ketones (excluding diaryl/α,β-unsaturated/α-hetero) is 1. The molecule has 0 spiro atoms. The van der Waals surface area contributed by atoms with Gasteiger partial charge < -0.3 is 0 Å². The highest BCUT2D eigenvalue weighted by Gasteiger charge is 2.59. The van der Waals surface area contributed by atoms with Crippen LogP contribution in [0.4, 0.5) is 5.69 Å². The van der Waals surface area contributed by atoms with Gasteiger partial charge in [-0.25, -0.2) is 0 Å². The number of hydrogen-bond acceptors (Lipinski definition) is 3. The number of ketones is 1. The number of nitrogens with zero attached hydrogens (tertiary/aromatic N) is 2. The standard InChI is InChI=1S/C31H26N2O/c34-28-21-25(23-13-5-1-6-14-23)22-31(26-17-9-3-10-18-26)29(28)30(24-15-7-2-8-16-24)32-33(31)27-19-11-4-12-20-27/h1-20,25,29H,21-22H2/t25?,29-,31-/m0/s1. The third-order valence-corrected chi connectivity index (χ3v) is 7.28. The molecule has 1 aliphatic heterocycles. The van der Waals surface area contributed by atoms with E-state index in [0.717, 1.165) is 28.9 Å². The van der Waals surface area contributed by atoms with Crippen molar-refractivity contribution in [1.29, 1.82) is 0 Å². The van der Waals surface area contributed by atoms with Crippen LogP contribution in [-0.4, -0.2) is 11.5 Å². The average molecular weight is 443 g/mol. The number of fused-ring (bicyclic) bond motifs is 1. The lowest BCUT2D eigenvalue weighted by atomic mass is 9.61. The summed E-state index contributed by atoms with van der Waals surface area (Å²) in [5.74, 6) is 0.0455. The summed E-state index contributed by atoms with van der Waals surface area (Å²) in [4.78, 5) is 14.1. The Kier molecular flexibility index (Phi) is 5.10. The predicted octanol–water partition coefficient (Wildman–Crippen LogP) is 6.57. The van der Waals surface area contributed by atoms with E-state index >= 15 is 0 Å². The number of hydrogen-bond donors (Lipinski definition) is 0. The molecule has 0 bridgehead atoms. The van der Waals surface area contributed by atoms with Gasteiger partial charge in [-0.1, -0.05) is 109 Å². The van der Waals surface area contributed by atoms with Crippen LogP contribution in [0.1, 0.15) is 35.4 Å². The predicted molar refractivity (Wildman–Crippen MR) is 137 cm³/mol. The highest BCUT2D eigenvalue weighted by Crippen LogP contribution is 2.55. The summed E-state index contributed by atoms with van der Waals surface area (Å²) < 4.78 is 0. The number of hydrazone groups is 1. The van der Waals surface area contributed by atoms with Gasteiger partial charge in [-0.2, -0.15) is 5.10 Å². The molecule has 0 aromatic heterocycles. The zero-order valence-electron chi connectivity index (χ0n) is 18.9. The molecule has 0 N–H and O–H groups in total. The van der Waals surface area contributed by atoms with E-state index < -0.39 is 5.54 Å². The van der Waals surface area contributed by atoms with Gasteiger partial charge in [0.05, 0.1) is 17.3 Å².